The maximum Gasteiger partial charge on any atom is 0.336 e. The highest BCUT2D eigenvalue weighted by Gasteiger charge is 2.35. The van der Waals surface area contributed by atoms with E-state index in [2.05, 4.69) is 19.1 Å². The minimum atomic E-state index is -0.966. The molecule has 6 rings (SSSR count). The van der Waals surface area contributed by atoms with Crippen LogP contribution >= 0.6 is 11.3 Å². The second-order valence-electron chi connectivity index (χ2n) is 9.62. The number of hydrogen-bond acceptors (Lipinski definition) is 5. The van der Waals surface area contributed by atoms with Crippen LogP contribution < -0.4 is 4.74 Å². The second-order valence-corrected chi connectivity index (χ2v) is 10.7. The Morgan fingerprint density at radius 2 is 1.91 bits per heavy atom. The average Bonchev–Trinajstić information content (AvgIpc) is 3.36. The standard InChI is InChI=1S/C28H27NO4S/c1-15-7-10-23(32-14-17-11-18-8-9-19(12-17)33-18)25-21(28(30)31)13-22(29-26(15)25)27-16(2)20-5-3-4-6-24(20)34-27/h3-7,10,13,17-19H,8-9,11-12,14H2,1-2H3,(H,30,31)/t17?,18-,19+. The number of nitrogens with zero attached hydrogens (tertiary/aromatic N) is 1. The molecular formula is C28H27NO4S. The van der Waals surface area contributed by atoms with Gasteiger partial charge in [0.05, 0.1) is 45.9 Å². The van der Waals surface area contributed by atoms with E-state index in [9.17, 15) is 9.90 Å². The zero-order valence-corrected chi connectivity index (χ0v) is 20.2. The summed E-state index contributed by atoms with van der Waals surface area (Å²) in [6.07, 6.45) is 5.01. The van der Waals surface area contributed by atoms with Crippen LogP contribution in [0.3, 0.4) is 0 Å². The third-order valence-corrected chi connectivity index (χ3v) is 8.59. The van der Waals surface area contributed by atoms with Gasteiger partial charge in [0.15, 0.2) is 0 Å². The lowest BCUT2D eigenvalue weighted by atomic mass is 9.96. The Morgan fingerprint density at radius 3 is 2.65 bits per heavy atom. The molecule has 4 aromatic rings. The molecule has 6 heteroatoms. The largest absolute Gasteiger partial charge is 0.493 e. The van der Waals surface area contributed by atoms with Gasteiger partial charge in [0.2, 0.25) is 0 Å². The van der Waals surface area contributed by atoms with Crippen molar-refractivity contribution in [2.75, 3.05) is 6.61 Å². The number of ether oxygens (including phenoxy) is 2. The maximum absolute atomic E-state index is 12.4. The first-order valence-corrected chi connectivity index (χ1v) is 12.7. The van der Waals surface area contributed by atoms with E-state index in [-0.39, 0.29) is 5.56 Å². The highest BCUT2D eigenvalue weighted by Crippen LogP contribution is 2.41. The number of fused-ring (bicyclic) bond motifs is 4. The van der Waals surface area contributed by atoms with Crippen LogP contribution in [-0.2, 0) is 4.74 Å². The molecule has 0 amide bonds. The summed E-state index contributed by atoms with van der Waals surface area (Å²) in [6.45, 7) is 4.63. The Morgan fingerprint density at radius 1 is 1.15 bits per heavy atom. The number of rotatable bonds is 5. The summed E-state index contributed by atoms with van der Waals surface area (Å²) >= 11 is 1.65. The molecule has 1 unspecified atom stereocenters. The number of carbonyl (C=O) groups is 1. The minimum absolute atomic E-state index is 0.239. The quantitative estimate of drug-likeness (QED) is 0.346. The summed E-state index contributed by atoms with van der Waals surface area (Å²) < 4.78 is 13.4. The molecule has 174 valence electrons. The fourth-order valence-electron chi connectivity index (χ4n) is 5.58. The number of aromatic nitrogens is 1. The number of carboxylic acids is 1. The van der Waals surface area contributed by atoms with Crippen molar-refractivity contribution in [2.45, 2.75) is 51.7 Å². The number of pyridine rings is 1. The van der Waals surface area contributed by atoms with Crippen molar-refractivity contribution < 1.29 is 19.4 Å². The van der Waals surface area contributed by atoms with Gasteiger partial charge in [-0.25, -0.2) is 9.78 Å². The number of thiophene rings is 1. The molecule has 0 radical (unpaired) electrons. The van der Waals surface area contributed by atoms with E-state index in [1.807, 2.05) is 31.2 Å². The van der Waals surface area contributed by atoms with Crippen molar-refractivity contribution in [3.63, 3.8) is 0 Å². The SMILES string of the molecule is Cc1c(-c2cc(C(=O)O)c3c(OCC4C[C@H]5CC[C@@H](C4)O5)ccc(C)c3n2)sc2ccccc12. The summed E-state index contributed by atoms with van der Waals surface area (Å²) in [5.74, 6) is 0.0697. The molecule has 3 atom stereocenters. The molecule has 4 heterocycles. The van der Waals surface area contributed by atoms with Crippen molar-refractivity contribution >= 4 is 38.3 Å². The number of benzene rings is 2. The molecule has 0 aliphatic carbocycles. The molecule has 2 aromatic carbocycles. The normalized spacial score (nSPS) is 21.9. The van der Waals surface area contributed by atoms with Crippen molar-refractivity contribution in [1.29, 1.82) is 0 Å². The minimum Gasteiger partial charge on any atom is -0.493 e. The van der Waals surface area contributed by atoms with Crippen LogP contribution in [0.1, 0.15) is 47.2 Å². The van der Waals surface area contributed by atoms with Crippen molar-refractivity contribution in [1.82, 2.24) is 4.98 Å². The van der Waals surface area contributed by atoms with E-state index in [0.717, 1.165) is 41.7 Å². The molecule has 34 heavy (non-hydrogen) atoms. The molecule has 0 saturated carbocycles. The summed E-state index contributed by atoms with van der Waals surface area (Å²) in [7, 11) is 0. The molecule has 2 aliphatic rings. The lowest BCUT2D eigenvalue weighted by Gasteiger charge is -2.28. The van der Waals surface area contributed by atoms with Crippen LogP contribution in [0.4, 0.5) is 0 Å². The van der Waals surface area contributed by atoms with E-state index in [0.29, 0.717) is 47.1 Å². The summed E-state index contributed by atoms with van der Waals surface area (Å²) in [5.41, 5.74) is 3.70. The Labute approximate surface area is 202 Å². The summed E-state index contributed by atoms with van der Waals surface area (Å²) in [4.78, 5) is 18.4. The number of hydrogen-bond donors (Lipinski definition) is 1. The first kappa shape index (κ1) is 21.6. The van der Waals surface area contributed by atoms with Crippen LogP contribution in [0, 0.1) is 19.8 Å². The maximum atomic E-state index is 12.4. The van der Waals surface area contributed by atoms with Crippen molar-refractivity contribution in [3.05, 3.63) is 59.2 Å². The van der Waals surface area contributed by atoms with Gasteiger partial charge < -0.3 is 14.6 Å². The predicted molar refractivity (Wildman–Crippen MR) is 135 cm³/mol. The number of aryl methyl sites for hydroxylation is 2. The van der Waals surface area contributed by atoms with E-state index < -0.39 is 5.97 Å². The van der Waals surface area contributed by atoms with Gasteiger partial charge in [0.25, 0.3) is 0 Å². The molecule has 2 bridgehead atoms. The first-order chi connectivity index (χ1) is 16.5. The molecular weight excluding hydrogens is 446 g/mol. The van der Waals surface area contributed by atoms with E-state index >= 15 is 0 Å². The fourth-order valence-corrected chi connectivity index (χ4v) is 6.75. The molecule has 2 aromatic heterocycles. The van der Waals surface area contributed by atoms with Crippen LogP contribution in [0.5, 0.6) is 5.75 Å². The molecule has 2 saturated heterocycles. The van der Waals surface area contributed by atoms with Crippen molar-refractivity contribution in [2.24, 2.45) is 5.92 Å². The van der Waals surface area contributed by atoms with Gasteiger partial charge in [-0.1, -0.05) is 24.3 Å². The number of carboxylic acid groups (broad SMARTS) is 1. The van der Waals surface area contributed by atoms with Gasteiger partial charge in [-0.2, -0.15) is 0 Å². The fraction of sp³-hybridized carbons (Fsp3) is 0.357. The van der Waals surface area contributed by atoms with E-state index in [1.54, 1.807) is 17.4 Å². The second kappa shape index (κ2) is 8.36. The average molecular weight is 474 g/mol. The van der Waals surface area contributed by atoms with Crippen LogP contribution in [0.2, 0.25) is 0 Å². The highest BCUT2D eigenvalue weighted by molar-refractivity contribution is 7.22. The Hall–Kier alpha value is -2.96. The lowest BCUT2D eigenvalue weighted by Crippen LogP contribution is -2.28. The number of aromatic carboxylic acids is 1. The molecule has 5 nitrogen and oxygen atoms in total. The summed E-state index contributed by atoms with van der Waals surface area (Å²) in [5, 5.41) is 11.9. The monoisotopic (exact) mass is 473 g/mol. The topological polar surface area (TPSA) is 68.7 Å². The highest BCUT2D eigenvalue weighted by atomic mass is 32.1. The summed E-state index contributed by atoms with van der Waals surface area (Å²) in [6, 6.07) is 13.8. The Balaban J connectivity index is 1.42. The third kappa shape index (κ3) is 3.65. The van der Waals surface area contributed by atoms with E-state index in [4.69, 9.17) is 14.5 Å². The van der Waals surface area contributed by atoms with Crippen LogP contribution in [-0.4, -0.2) is 34.9 Å². The molecule has 2 aliphatic heterocycles. The zero-order valence-electron chi connectivity index (χ0n) is 19.3. The van der Waals surface area contributed by atoms with Crippen molar-refractivity contribution in [3.8, 4) is 16.3 Å². The molecule has 0 spiro atoms. The third-order valence-electron chi connectivity index (χ3n) is 7.29. The van der Waals surface area contributed by atoms with Gasteiger partial charge in [-0.05, 0) is 80.2 Å². The Kier molecular flexibility index (Phi) is 5.30. The van der Waals surface area contributed by atoms with Gasteiger partial charge >= 0.3 is 5.97 Å². The predicted octanol–water partition coefficient (Wildman–Crippen LogP) is 6.77. The molecule has 1 N–H and O–H groups in total. The van der Waals surface area contributed by atoms with Gasteiger partial charge in [0, 0.05) is 4.70 Å². The van der Waals surface area contributed by atoms with Gasteiger partial charge in [0.1, 0.15) is 5.75 Å². The van der Waals surface area contributed by atoms with Gasteiger partial charge in [-0.3, -0.25) is 0 Å². The zero-order chi connectivity index (χ0) is 23.4. The van der Waals surface area contributed by atoms with Gasteiger partial charge in [-0.15, -0.1) is 11.3 Å². The molecule has 2 fully saturated rings. The van der Waals surface area contributed by atoms with Crippen LogP contribution in [0.25, 0.3) is 31.6 Å². The van der Waals surface area contributed by atoms with E-state index in [1.165, 1.54) is 10.1 Å². The first-order valence-electron chi connectivity index (χ1n) is 11.9. The van der Waals surface area contributed by atoms with Crippen LogP contribution in [0.15, 0.2) is 42.5 Å². The smallest absolute Gasteiger partial charge is 0.336 e. The lowest BCUT2D eigenvalue weighted by molar-refractivity contribution is -0.0282. The Bertz CT molecular complexity index is 1410.